The molecule has 2 aromatic rings. The zero-order valence-electron chi connectivity index (χ0n) is 12.9. The molecular formula is C17H23N3S. The van der Waals surface area contributed by atoms with Gasteiger partial charge in [-0.05, 0) is 31.0 Å². The zero-order chi connectivity index (χ0) is 14.7. The van der Waals surface area contributed by atoms with Crippen molar-refractivity contribution >= 4 is 11.3 Å². The van der Waals surface area contributed by atoms with Crippen molar-refractivity contribution in [2.24, 2.45) is 0 Å². The van der Waals surface area contributed by atoms with Crippen molar-refractivity contribution in [2.75, 3.05) is 32.7 Å². The highest BCUT2D eigenvalue weighted by Crippen LogP contribution is 2.24. The maximum absolute atomic E-state index is 4.81. The molecule has 1 N–H and O–H groups in total. The van der Waals surface area contributed by atoms with Crippen LogP contribution in [0.3, 0.4) is 0 Å². The molecule has 0 unspecified atom stereocenters. The van der Waals surface area contributed by atoms with Gasteiger partial charge in [-0.25, -0.2) is 4.98 Å². The van der Waals surface area contributed by atoms with Crippen molar-refractivity contribution < 1.29 is 0 Å². The Kier molecular flexibility index (Phi) is 4.68. The summed E-state index contributed by atoms with van der Waals surface area (Å²) in [5.74, 6) is 0. The summed E-state index contributed by atoms with van der Waals surface area (Å²) in [4.78, 5) is 7.33. The average Bonchev–Trinajstić information content (AvgIpc) is 2.98. The fraction of sp³-hybridized carbons (Fsp3) is 0.471. The maximum Gasteiger partial charge on any atom is 0.0945 e. The van der Waals surface area contributed by atoms with E-state index in [4.69, 9.17) is 4.98 Å². The molecule has 1 saturated heterocycles. The Morgan fingerprint density at radius 3 is 2.76 bits per heavy atom. The summed E-state index contributed by atoms with van der Waals surface area (Å²) in [6.45, 7) is 10.00. The van der Waals surface area contributed by atoms with E-state index in [0.717, 1.165) is 44.8 Å². The molecule has 0 bridgehead atoms. The van der Waals surface area contributed by atoms with E-state index in [2.05, 4.69) is 47.6 Å². The van der Waals surface area contributed by atoms with Crippen LogP contribution in [0.4, 0.5) is 0 Å². The van der Waals surface area contributed by atoms with Crippen molar-refractivity contribution in [3.63, 3.8) is 0 Å². The van der Waals surface area contributed by atoms with Gasteiger partial charge in [0.25, 0.3) is 0 Å². The number of benzene rings is 1. The first-order valence-corrected chi connectivity index (χ1v) is 8.55. The summed E-state index contributed by atoms with van der Waals surface area (Å²) in [6, 6.07) is 6.60. The van der Waals surface area contributed by atoms with E-state index in [1.54, 1.807) is 11.3 Å². The summed E-state index contributed by atoms with van der Waals surface area (Å²) in [7, 11) is 0. The molecule has 1 aliphatic rings. The fourth-order valence-corrected chi connectivity index (χ4v) is 3.44. The minimum absolute atomic E-state index is 1.06. The monoisotopic (exact) mass is 301 g/mol. The Balaban J connectivity index is 1.63. The number of hydrogen-bond donors (Lipinski definition) is 1. The molecule has 112 valence electrons. The molecule has 21 heavy (non-hydrogen) atoms. The number of rotatable bonds is 4. The van der Waals surface area contributed by atoms with E-state index >= 15 is 0 Å². The van der Waals surface area contributed by atoms with Gasteiger partial charge in [0.1, 0.15) is 0 Å². The molecule has 1 aromatic carbocycles. The van der Waals surface area contributed by atoms with Crippen LogP contribution in [0.15, 0.2) is 23.6 Å². The van der Waals surface area contributed by atoms with E-state index in [9.17, 15) is 0 Å². The Bertz CT molecular complexity index is 600. The third kappa shape index (κ3) is 3.70. The quantitative estimate of drug-likeness (QED) is 0.941. The number of nitrogens with one attached hydrogen (secondary N) is 1. The number of nitrogens with zero attached hydrogens (tertiary/aromatic N) is 2. The highest BCUT2D eigenvalue weighted by Gasteiger charge is 2.11. The van der Waals surface area contributed by atoms with Crippen molar-refractivity contribution in [1.29, 1.82) is 0 Å². The SMILES string of the molecule is Cc1ccc(-c2csc(CCN3CCNCC3)n2)cc1C. The van der Waals surface area contributed by atoms with Crippen LogP contribution < -0.4 is 5.32 Å². The number of thiazole rings is 1. The van der Waals surface area contributed by atoms with E-state index < -0.39 is 0 Å². The van der Waals surface area contributed by atoms with Crippen LogP contribution in [0.25, 0.3) is 11.3 Å². The van der Waals surface area contributed by atoms with Gasteiger partial charge in [0.05, 0.1) is 10.7 Å². The predicted molar refractivity (Wildman–Crippen MR) is 90.0 cm³/mol. The second kappa shape index (κ2) is 6.69. The van der Waals surface area contributed by atoms with Crippen LogP contribution in [-0.2, 0) is 6.42 Å². The number of aromatic nitrogens is 1. The number of piperazine rings is 1. The van der Waals surface area contributed by atoms with Gasteiger partial charge in [-0.3, -0.25) is 0 Å². The Morgan fingerprint density at radius 2 is 2.00 bits per heavy atom. The third-order valence-electron chi connectivity index (χ3n) is 4.21. The minimum atomic E-state index is 1.06. The second-order valence-electron chi connectivity index (χ2n) is 5.77. The summed E-state index contributed by atoms with van der Waals surface area (Å²) in [5, 5.41) is 6.84. The summed E-state index contributed by atoms with van der Waals surface area (Å²) >= 11 is 1.79. The number of hydrogen-bond acceptors (Lipinski definition) is 4. The molecule has 4 heteroatoms. The van der Waals surface area contributed by atoms with Crippen LogP contribution >= 0.6 is 11.3 Å². The van der Waals surface area contributed by atoms with Crippen molar-refractivity contribution in [2.45, 2.75) is 20.3 Å². The second-order valence-corrected chi connectivity index (χ2v) is 6.71. The third-order valence-corrected chi connectivity index (χ3v) is 5.11. The summed E-state index contributed by atoms with van der Waals surface area (Å²) < 4.78 is 0. The molecule has 3 nitrogen and oxygen atoms in total. The molecule has 0 aliphatic carbocycles. The maximum atomic E-state index is 4.81. The van der Waals surface area contributed by atoms with E-state index in [0.29, 0.717) is 0 Å². The summed E-state index contributed by atoms with van der Waals surface area (Å²) in [6.07, 6.45) is 1.06. The highest BCUT2D eigenvalue weighted by molar-refractivity contribution is 7.09. The lowest BCUT2D eigenvalue weighted by molar-refractivity contribution is 0.244. The minimum Gasteiger partial charge on any atom is -0.314 e. The van der Waals surface area contributed by atoms with Crippen molar-refractivity contribution in [3.8, 4) is 11.3 Å². The number of aryl methyl sites for hydroxylation is 2. The van der Waals surface area contributed by atoms with Crippen LogP contribution in [0.5, 0.6) is 0 Å². The standard InChI is InChI=1S/C17H23N3S/c1-13-3-4-15(11-14(13)2)16-12-21-17(19-16)5-8-20-9-6-18-7-10-20/h3-4,11-12,18H,5-10H2,1-2H3. The first kappa shape index (κ1) is 14.7. The average molecular weight is 301 g/mol. The van der Waals surface area contributed by atoms with Gasteiger partial charge in [-0.1, -0.05) is 12.1 Å². The molecule has 3 rings (SSSR count). The predicted octanol–water partition coefficient (Wildman–Crippen LogP) is 2.87. The molecule has 0 amide bonds. The van der Waals surface area contributed by atoms with Gasteiger partial charge in [0, 0.05) is 50.1 Å². The largest absolute Gasteiger partial charge is 0.314 e. The van der Waals surface area contributed by atoms with Crippen molar-refractivity contribution in [1.82, 2.24) is 15.2 Å². The topological polar surface area (TPSA) is 28.2 Å². The van der Waals surface area contributed by atoms with E-state index in [-0.39, 0.29) is 0 Å². The van der Waals surface area contributed by atoms with Crippen LogP contribution in [0.2, 0.25) is 0 Å². The molecular weight excluding hydrogens is 278 g/mol. The van der Waals surface area contributed by atoms with Gasteiger partial charge in [-0.15, -0.1) is 11.3 Å². The van der Waals surface area contributed by atoms with Gasteiger partial charge < -0.3 is 10.2 Å². The molecule has 0 saturated carbocycles. The molecule has 0 radical (unpaired) electrons. The highest BCUT2D eigenvalue weighted by atomic mass is 32.1. The molecule has 2 heterocycles. The smallest absolute Gasteiger partial charge is 0.0945 e. The zero-order valence-corrected chi connectivity index (χ0v) is 13.7. The van der Waals surface area contributed by atoms with Crippen LogP contribution in [0, 0.1) is 13.8 Å². The van der Waals surface area contributed by atoms with E-state index in [1.165, 1.54) is 21.7 Å². The lowest BCUT2D eigenvalue weighted by atomic mass is 10.1. The Hall–Kier alpha value is -1.23. The molecule has 1 fully saturated rings. The van der Waals surface area contributed by atoms with Crippen LogP contribution in [0.1, 0.15) is 16.1 Å². The van der Waals surface area contributed by atoms with Crippen LogP contribution in [-0.4, -0.2) is 42.6 Å². The Labute approximate surface area is 131 Å². The first-order chi connectivity index (χ1) is 10.2. The first-order valence-electron chi connectivity index (χ1n) is 7.67. The Morgan fingerprint density at radius 1 is 1.19 bits per heavy atom. The van der Waals surface area contributed by atoms with Gasteiger partial charge in [0.2, 0.25) is 0 Å². The fourth-order valence-electron chi connectivity index (χ4n) is 2.65. The molecule has 0 spiro atoms. The molecule has 1 aromatic heterocycles. The normalized spacial score (nSPS) is 16.3. The molecule has 0 atom stereocenters. The lowest BCUT2D eigenvalue weighted by Gasteiger charge is -2.26. The van der Waals surface area contributed by atoms with Crippen molar-refractivity contribution in [3.05, 3.63) is 39.7 Å². The summed E-state index contributed by atoms with van der Waals surface area (Å²) in [5.41, 5.74) is 5.04. The lowest BCUT2D eigenvalue weighted by Crippen LogP contribution is -2.44. The van der Waals surface area contributed by atoms with Gasteiger partial charge in [-0.2, -0.15) is 0 Å². The van der Waals surface area contributed by atoms with Gasteiger partial charge >= 0.3 is 0 Å². The molecule has 1 aliphatic heterocycles. The van der Waals surface area contributed by atoms with E-state index in [1.807, 2.05) is 0 Å². The van der Waals surface area contributed by atoms with Gasteiger partial charge in [0.15, 0.2) is 0 Å².